The maximum Gasteiger partial charge on any atom is 0.0290 e. The Kier molecular flexibility index (Phi) is 16.0. The van der Waals surface area contributed by atoms with Crippen molar-refractivity contribution in [3.63, 3.8) is 0 Å². The normalized spacial score (nSPS) is 16.0. The highest BCUT2D eigenvalue weighted by Gasteiger charge is 2.33. The predicted octanol–water partition coefficient (Wildman–Crippen LogP) is 18.2. The fourth-order valence-electron chi connectivity index (χ4n) is 9.39. The molecule has 0 amide bonds. The van der Waals surface area contributed by atoms with Crippen molar-refractivity contribution in [2.45, 2.75) is 48.3 Å². The summed E-state index contributed by atoms with van der Waals surface area (Å²) in [4.78, 5) is 3.75. The molecule has 0 spiro atoms. The zero-order chi connectivity index (χ0) is 49.1. The SMILES string of the molecule is C=C/C=C(\C)c1cc(C(=C)/C=C\C)cc2c1Sc1cc(-c3ccccc3)cc3c1=C2/C1=C/C(c2ccccc2)=C\CSc2c(-c4ccccc4)cc(-c4ccccc4)cc2C(C=3)C1=C.C=CC=C.CC. The first-order valence-electron chi connectivity index (χ1n) is 24.1. The van der Waals surface area contributed by atoms with Gasteiger partial charge < -0.3 is 0 Å². The van der Waals surface area contributed by atoms with Crippen LogP contribution in [0.25, 0.3) is 61.7 Å². The second kappa shape index (κ2) is 22.8. The van der Waals surface area contributed by atoms with E-state index in [1.54, 1.807) is 12.2 Å². The topological polar surface area (TPSA) is 0 Å². The van der Waals surface area contributed by atoms with Crippen LogP contribution >= 0.6 is 23.5 Å². The van der Waals surface area contributed by atoms with E-state index in [0.29, 0.717) is 0 Å². The predicted molar refractivity (Wildman–Crippen MR) is 311 cm³/mol. The molecule has 0 fully saturated rings. The number of allylic oxidation sites excluding steroid dienone is 12. The van der Waals surface area contributed by atoms with Gasteiger partial charge in [0.05, 0.1) is 0 Å². The third-order valence-corrected chi connectivity index (χ3v) is 14.9. The standard InChI is InChI=1S/C62H48S2.C4H6.C2H6/c1-6-20-40(3)48-34-52(41(4)21-7-2)62-57(35-48)60-54-33-47(43-22-12-8-13-23-43)30-31-63-61-55(46-28-18-11-19-29-46)36-50(45-26-16-10-17-27-45)37-56(61)53(42(54)5)38-51-32-49(39-58(64-62)59(51)60)44-24-14-9-15-25-44;1-3-4-2;1-2/h6-30,32-39,53H,2-3,5,31H2,1,4H3;3-4H,1-2H2;1-2H3/b20-6-,41-21+,47-30+,54-33+;;. The zero-order valence-electron chi connectivity index (χ0n) is 40.8. The first kappa shape index (κ1) is 49.1. The number of hydrogen-bond acceptors (Lipinski definition) is 2. The Balaban J connectivity index is 0.00000105. The van der Waals surface area contributed by atoms with E-state index in [2.05, 4.69) is 234 Å². The minimum Gasteiger partial charge on any atom is -0.121 e. The Morgan fingerprint density at radius 1 is 0.629 bits per heavy atom. The lowest BCUT2D eigenvalue weighted by Crippen LogP contribution is -2.31. The molecule has 7 aromatic carbocycles. The lowest BCUT2D eigenvalue weighted by atomic mass is 9.80. The smallest absolute Gasteiger partial charge is 0.0290 e. The molecule has 70 heavy (non-hydrogen) atoms. The van der Waals surface area contributed by atoms with Crippen LogP contribution in [0.1, 0.15) is 61.4 Å². The molecule has 1 unspecified atom stereocenters. The molecule has 1 aliphatic carbocycles. The van der Waals surface area contributed by atoms with Gasteiger partial charge in [0.1, 0.15) is 0 Å². The van der Waals surface area contributed by atoms with Crippen molar-refractivity contribution < 1.29 is 0 Å². The van der Waals surface area contributed by atoms with Crippen LogP contribution in [0, 0.1) is 0 Å². The van der Waals surface area contributed by atoms with Gasteiger partial charge in [-0.25, -0.2) is 0 Å². The fourth-order valence-corrected chi connectivity index (χ4v) is 11.8. The Labute approximate surface area is 425 Å². The van der Waals surface area contributed by atoms with Crippen LogP contribution in [0.15, 0.2) is 265 Å². The first-order valence-corrected chi connectivity index (χ1v) is 25.9. The van der Waals surface area contributed by atoms with E-state index in [-0.39, 0.29) is 5.92 Å². The number of fused-ring (bicyclic) bond motifs is 7. The molecule has 0 nitrogen and oxygen atoms in total. The summed E-state index contributed by atoms with van der Waals surface area (Å²) in [5.74, 6) is 0.644. The molecule has 3 aliphatic rings. The highest BCUT2D eigenvalue weighted by Crippen LogP contribution is 2.51. The second-order valence-electron chi connectivity index (χ2n) is 17.0. The van der Waals surface area contributed by atoms with Gasteiger partial charge in [0, 0.05) is 31.6 Å². The van der Waals surface area contributed by atoms with E-state index in [0.717, 1.165) is 33.6 Å². The molecular weight excluding hydrogens is 881 g/mol. The van der Waals surface area contributed by atoms with Crippen LogP contribution in [0.3, 0.4) is 0 Å². The summed E-state index contributed by atoms with van der Waals surface area (Å²) in [6.07, 6.45) is 18.9. The van der Waals surface area contributed by atoms with Crippen molar-refractivity contribution in [2.75, 3.05) is 5.75 Å². The minimum atomic E-state index is -0.153. The molecule has 0 saturated heterocycles. The largest absolute Gasteiger partial charge is 0.121 e. The summed E-state index contributed by atoms with van der Waals surface area (Å²) in [7, 11) is 0. The Morgan fingerprint density at radius 3 is 1.80 bits per heavy atom. The van der Waals surface area contributed by atoms with E-state index in [9.17, 15) is 0 Å². The molecule has 0 saturated carbocycles. The van der Waals surface area contributed by atoms with E-state index in [1.165, 1.54) is 91.9 Å². The summed E-state index contributed by atoms with van der Waals surface area (Å²) in [5, 5.41) is 2.46. The van der Waals surface area contributed by atoms with Crippen LogP contribution in [0.5, 0.6) is 0 Å². The van der Waals surface area contributed by atoms with Crippen molar-refractivity contribution >= 4 is 51.9 Å². The van der Waals surface area contributed by atoms with Gasteiger partial charge in [0.15, 0.2) is 0 Å². The van der Waals surface area contributed by atoms with Gasteiger partial charge in [-0.1, -0.05) is 228 Å². The van der Waals surface area contributed by atoms with Gasteiger partial charge in [0.2, 0.25) is 0 Å². The molecule has 10 rings (SSSR count). The maximum atomic E-state index is 5.21. The monoisotopic (exact) mass is 940 g/mol. The molecular formula is C68H60S2. The number of benzene rings is 7. The third-order valence-electron chi connectivity index (χ3n) is 12.7. The molecule has 0 N–H and O–H groups in total. The van der Waals surface area contributed by atoms with Gasteiger partial charge in [-0.2, -0.15) is 0 Å². The lowest BCUT2D eigenvalue weighted by molar-refractivity contribution is 1.03. The molecule has 7 aromatic rings. The second-order valence-corrected chi connectivity index (χ2v) is 19.1. The van der Waals surface area contributed by atoms with Crippen molar-refractivity contribution in [3.05, 3.63) is 289 Å². The van der Waals surface area contributed by atoms with Crippen LogP contribution in [0.4, 0.5) is 0 Å². The van der Waals surface area contributed by atoms with Crippen molar-refractivity contribution in [3.8, 4) is 33.4 Å². The van der Waals surface area contributed by atoms with Crippen LogP contribution in [-0.2, 0) is 0 Å². The average molecular weight is 941 g/mol. The Morgan fingerprint density at radius 2 is 1.21 bits per heavy atom. The summed E-state index contributed by atoms with van der Waals surface area (Å²) >= 11 is 3.81. The summed E-state index contributed by atoms with van der Waals surface area (Å²) < 4.78 is 0. The molecule has 1 atom stereocenters. The molecule has 0 aromatic heterocycles. The molecule has 2 heteroatoms. The number of rotatable bonds is 9. The van der Waals surface area contributed by atoms with Crippen molar-refractivity contribution in [1.82, 2.24) is 0 Å². The van der Waals surface area contributed by atoms with Crippen molar-refractivity contribution in [2.24, 2.45) is 0 Å². The summed E-state index contributed by atoms with van der Waals surface area (Å²) in [5.41, 5.74) is 19.9. The maximum absolute atomic E-state index is 5.21. The Bertz CT molecular complexity index is 3370. The highest BCUT2D eigenvalue weighted by molar-refractivity contribution is 7.99. The number of hydrogen-bond donors (Lipinski definition) is 0. The summed E-state index contributed by atoms with van der Waals surface area (Å²) in [6, 6.07) is 57.8. The molecule has 2 bridgehead atoms. The molecule has 2 aliphatic heterocycles. The van der Waals surface area contributed by atoms with E-state index < -0.39 is 0 Å². The van der Waals surface area contributed by atoms with E-state index in [4.69, 9.17) is 6.58 Å². The van der Waals surface area contributed by atoms with Gasteiger partial charge in [0.25, 0.3) is 0 Å². The van der Waals surface area contributed by atoms with Gasteiger partial charge in [-0.05, 0) is 156 Å². The molecule has 0 radical (unpaired) electrons. The van der Waals surface area contributed by atoms with Gasteiger partial charge >= 0.3 is 0 Å². The quantitative estimate of drug-likeness (QED) is 0.132. The van der Waals surface area contributed by atoms with E-state index in [1.807, 2.05) is 43.4 Å². The molecule has 2 heterocycles. The fraction of sp³-hybridized carbons (Fsp3) is 0.0882. The summed E-state index contributed by atoms with van der Waals surface area (Å²) in [6.45, 7) is 28.9. The highest BCUT2D eigenvalue weighted by atomic mass is 32.2. The zero-order valence-corrected chi connectivity index (χ0v) is 42.5. The van der Waals surface area contributed by atoms with Gasteiger partial charge in [-0.3, -0.25) is 0 Å². The van der Waals surface area contributed by atoms with Gasteiger partial charge in [-0.15, -0.1) is 11.8 Å². The number of thioether (sulfide) groups is 1. The minimum absolute atomic E-state index is 0.153. The third kappa shape index (κ3) is 10.2. The van der Waals surface area contributed by atoms with Crippen LogP contribution < -0.4 is 10.4 Å². The average Bonchev–Trinajstić information content (AvgIpc) is 3.52. The molecule has 344 valence electrons. The van der Waals surface area contributed by atoms with Crippen molar-refractivity contribution in [1.29, 1.82) is 0 Å². The lowest BCUT2D eigenvalue weighted by Gasteiger charge is -2.29. The van der Waals surface area contributed by atoms with Crippen LogP contribution in [0.2, 0.25) is 0 Å². The van der Waals surface area contributed by atoms with Crippen LogP contribution in [-0.4, -0.2) is 5.75 Å². The Hall–Kier alpha value is -7.36. The van der Waals surface area contributed by atoms with E-state index >= 15 is 0 Å². The first-order chi connectivity index (χ1) is 34.3.